The molecule has 3 aromatic carbocycles. The number of carbonyl (C=O) groups excluding carboxylic acids is 1. The van der Waals surface area contributed by atoms with Gasteiger partial charge in [-0.25, -0.2) is 9.79 Å². The fraction of sp³-hybridized carbons (Fsp3) is 0.0435. The first-order valence-corrected chi connectivity index (χ1v) is 11.9. The molecule has 0 spiro atoms. The normalized spacial score (nSPS) is 14.2. The lowest BCUT2D eigenvalue weighted by molar-refractivity contribution is -0.384. The molecule has 11 heteroatoms. The summed E-state index contributed by atoms with van der Waals surface area (Å²) in [7, 11) is 0. The van der Waals surface area contributed by atoms with Gasteiger partial charge in [-0.1, -0.05) is 35.3 Å². The van der Waals surface area contributed by atoms with E-state index in [1.54, 1.807) is 36.4 Å². The highest BCUT2D eigenvalue weighted by molar-refractivity contribution is 9.11. The van der Waals surface area contributed by atoms with E-state index in [-0.39, 0.29) is 23.9 Å². The molecule has 7 nitrogen and oxygen atoms in total. The second-order valence-corrected chi connectivity index (χ2v) is 9.52. The van der Waals surface area contributed by atoms with E-state index in [4.69, 9.17) is 32.7 Å². The van der Waals surface area contributed by atoms with E-state index in [1.165, 1.54) is 18.2 Å². The zero-order valence-corrected chi connectivity index (χ0v) is 21.6. The van der Waals surface area contributed by atoms with Crippen LogP contribution in [0.25, 0.3) is 6.08 Å². The van der Waals surface area contributed by atoms with Gasteiger partial charge in [0, 0.05) is 17.7 Å². The smallest absolute Gasteiger partial charge is 0.363 e. The predicted octanol–water partition coefficient (Wildman–Crippen LogP) is 7.35. The number of hydrogen-bond donors (Lipinski definition) is 0. The number of aliphatic imine (C=N–C) groups is 1. The lowest BCUT2D eigenvalue weighted by atomic mass is 10.2. The molecule has 34 heavy (non-hydrogen) atoms. The number of nitro groups is 1. The topological polar surface area (TPSA) is 91.0 Å². The van der Waals surface area contributed by atoms with E-state index < -0.39 is 10.9 Å². The highest BCUT2D eigenvalue weighted by atomic mass is 79.9. The summed E-state index contributed by atoms with van der Waals surface area (Å²) in [5, 5.41) is 11.9. The Hall–Kier alpha value is -2.72. The Kier molecular flexibility index (Phi) is 7.37. The lowest BCUT2D eigenvalue weighted by Crippen LogP contribution is -2.05. The van der Waals surface area contributed by atoms with Crippen molar-refractivity contribution < 1.29 is 19.2 Å². The van der Waals surface area contributed by atoms with Gasteiger partial charge >= 0.3 is 5.97 Å². The third-order valence-corrected chi connectivity index (χ3v) is 6.53. The van der Waals surface area contributed by atoms with Gasteiger partial charge in [0.1, 0.15) is 12.4 Å². The number of ether oxygens (including phenoxy) is 2. The average Bonchev–Trinajstić information content (AvgIpc) is 3.15. The van der Waals surface area contributed by atoms with Crippen molar-refractivity contribution in [1.82, 2.24) is 0 Å². The molecule has 0 radical (unpaired) electrons. The summed E-state index contributed by atoms with van der Waals surface area (Å²) in [6.07, 6.45) is 1.55. The molecule has 0 unspecified atom stereocenters. The van der Waals surface area contributed by atoms with E-state index in [1.807, 2.05) is 6.07 Å². The highest BCUT2D eigenvalue weighted by Gasteiger charge is 2.25. The number of hydrogen-bond acceptors (Lipinski definition) is 6. The molecule has 4 rings (SSSR count). The number of halogens is 4. The maximum Gasteiger partial charge on any atom is 0.363 e. The Morgan fingerprint density at radius 2 is 1.79 bits per heavy atom. The van der Waals surface area contributed by atoms with E-state index in [9.17, 15) is 14.9 Å². The third kappa shape index (κ3) is 5.50. The number of carbonyl (C=O) groups is 1. The van der Waals surface area contributed by atoms with Crippen LogP contribution in [-0.2, 0) is 16.1 Å². The average molecular weight is 627 g/mol. The van der Waals surface area contributed by atoms with Crippen molar-refractivity contribution in [2.75, 3.05) is 0 Å². The fourth-order valence-electron chi connectivity index (χ4n) is 3.03. The second kappa shape index (κ2) is 10.3. The predicted molar refractivity (Wildman–Crippen MR) is 136 cm³/mol. The van der Waals surface area contributed by atoms with Crippen molar-refractivity contribution in [3.8, 4) is 5.75 Å². The second-order valence-electron chi connectivity index (χ2n) is 6.99. The van der Waals surface area contributed by atoms with Gasteiger partial charge < -0.3 is 9.47 Å². The quantitative estimate of drug-likeness (QED) is 0.123. The summed E-state index contributed by atoms with van der Waals surface area (Å²) in [5.41, 5.74) is 1.76. The van der Waals surface area contributed by atoms with Crippen molar-refractivity contribution in [1.29, 1.82) is 0 Å². The minimum absolute atomic E-state index is 0.000315. The van der Waals surface area contributed by atoms with E-state index >= 15 is 0 Å². The number of benzene rings is 3. The van der Waals surface area contributed by atoms with E-state index in [0.717, 1.165) is 5.56 Å². The monoisotopic (exact) mass is 624 g/mol. The first kappa shape index (κ1) is 24.4. The number of nitrogens with zero attached hydrogens (tertiary/aromatic N) is 2. The molecule has 1 aliphatic rings. The van der Waals surface area contributed by atoms with Crippen LogP contribution in [-0.4, -0.2) is 16.8 Å². The van der Waals surface area contributed by atoms with Crippen LogP contribution in [0.3, 0.4) is 0 Å². The molecule has 0 aliphatic carbocycles. The number of non-ortho nitro benzene ring substituents is 1. The Morgan fingerprint density at radius 1 is 1.06 bits per heavy atom. The first-order chi connectivity index (χ1) is 16.2. The third-order valence-electron chi connectivity index (χ3n) is 4.62. The van der Waals surface area contributed by atoms with Gasteiger partial charge in [0.05, 0.1) is 23.9 Å². The van der Waals surface area contributed by atoms with Crippen molar-refractivity contribution >= 4 is 78.7 Å². The molecule has 0 amide bonds. The zero-order chi connectivity index (χ0) is 24.4. The van der Waals surface area contributed by atoms with Crippen LogP contribution in [0.4, 0.5) is 5.69 Å². The molecule has 0 saturated carbocycles. The molecule has 3 aromatic rings. The maximum atomic E-state index is 12.3. The summed E-state index contributed by atoms with van der Waals surface area (Å²) in [5.74, 6) is -0.101. The number of cyclic esters (lactones) is 1. The van der Waals surface area contributed by atoms with Gasteiger partial charge in [-0.05, 0) is 79.4 Å². The molecule has 0 aromatic heterocycles. The van der Waals surface area contributed by atoms with Crippen LogP contribution in [0.15, 0.2) is 74.2 Å². The molecular formula is C23H12Br2Cl2N2O5. The molecule has 0 atom stereocenters. The van der Waals surface area contributed by atoms with Crippen molar-refractivity contribution in [2.24, 2.45) is 4.99 Å². The van der Waals surface area contributed by atoms with Crippen LogP contribution < -0.4 is 4.74 Å². The van der Waals surface area contributed by atoms with Crippen LogP contribution in [0.1, 0.15) is 16.7 Å². The van der Waals surface area contributed by atoms with Crippen molar-refractivity contribution in [3.05, 3.63) is 106 Å². The van der Waals surface area contributed by atoms with Crippen molar-refractivity contribution in [3.63, 3.8) is 0 Å². The minimum Gasteiger partial charge on any atom is -0.487 e. The molecule has 0 N–H and O–H groups in total. The van der Waals surface area contributed by atoms with Gasteiger partial charge in [-0.2, -0.15) is 0 Å². The molecule has 172 valence electrons. The van der Waals surface area contributed by atoms with Crippen LogP contribution in [0.5, 0.6) is 5.75 Å². The Balaban J connectivity index is 1.56. The van der Waals surface area contributed by atoms with Gasteiger partial charge in [-0.3, -0.25) is 10.1 Å². The molecule has 1 heterocycles. The SMILES string of the molecule is O=C1OC(c2cccc([N+](=O)[O-])c2)=N/C1=C\c1cc(Br)c(OCc2ccc(Cl)c(Cl)c2)c(Br)c1. The van der Waals surface area contributed by atoms with E-state index in [2.05, 4.69) is 36.9 Å². The van der Waals surface area contributed by atoms with Crippen LogP contribution >= 0.6 is 55.1 Å². The standard InChI is InChI=1S/C23H12Br2Cl2N2O5/c24-16-6-13(7-17(25)21(16)33-11-12-4-5-18(26)19(27)8-12)9-20-23(30)34-22(28-20)14-2-1-3-15(10-14)29(31)32/h1-10H,11H2/b20-9-. The summed E-state index contributed by atoms with van der Waals surface area (Å²) < 4.78 is 12.4. The van der Waals surface area contributed by atoms with Gasteiger partial charge in [0.2, 0.25) is 5.90 Å². The maximum absolute atomic E-state index is 12.3. The molecule has 0 bridgehead atoms. The fourth-order valence-corrected chi connectivity index (χ4v) is 4.80. The largest absolute Gasteiger partial charge is 0.487 e. The van der Waals surface area contributed by atoms with Gasteiger partial charge in [-0.15, -0.1) is 0 Å². The van der Waals surface area contributed by atoms with Gasteiger partial charge in [0.15, 0.2) is 5.70 Å². The molecule has 1 aliphatic heterocycles. The molecular weight excluding hydrogens is 615 g/mol. The Bertz CT molecular complexity index is 1370. The zero-order valence-electron chi connectivity index (χ0n) is 16.9. The minimum atomic E-state index is -0.659. The number of nitro benzene ring substituents is 1. The summed E-state index contributed by atoms with van der Waals surface area (Å²) in [4.78, 5) is 27.0. The number of rotatable bonds is 6. The summed E-state index contributed by atoms with van der Waals surface area (Å²) >= 11 is 19.0. The molecule has 0 saturated heterocycles. The van der Waals surface area contributed by atoms with Crippen molar-refractivity contribution in [2.45, 2.75) is 6.61 Å². The van der Waals surface area contributed by atoms with Crippen LogP contribution in [0, 0.1) is 10.1 Å². The lowest BCUT2D eigenvalue weighted by Gasteiger charge is -2.12. The summed E-state index contributed by atoms with van der Waals surface area (Å²) in [6.45, 7) is 0.262. The highest BCUT2D eigenvalue weighted by Crippen LogP contribution is 2.36. The van der Waals surface area contributed by atoms with E-state index in [0.29, 0.717) is 35.9 Å². The van der Waals surface area contributed by atoms with Gasteiger partial charge in [0.25, 0.3) is 5.69 Å². The summed E-state index contributed by atoms with van der Waals surface area (Å²) in [6, 6.07) is 14.5. The first-order valence-electron chi connectivity index (χ1n) is 9.54. The Labute approximate surface area is 220 Å². The number of esters is 1. The van der Waals surface area contributed by atoms with Crippen LogP contribution in [0.2, 0.25) is 10.0 Å². The Morgan fingerprint density at radius 3 is 2.47 bits per heavy atom. The molecule has 0 fully saturated rings.